The van der Waals surface area contributed by atoms with Crippen molar-refractivity contribution in [2.75, 3.05) is 0 Å². The fourth-order valence-corrected chi connectivity index (χ4v) is 21.9. The van der Waals surface area contributed by atoms with Crippen molar-refractivity contribution in [2.24, 2.45) is 0 Å². The molecule has 0 fully saturated rings. The van der Waals surface area contributed by atoms with E-state index < -0.39 is 37.1 Å². The topological polar surface area (TPSA) is 0 Å². The van der Waals surface area contributed by atoms with Gasteiger partial charge in [0.2, 0.25) is 0 Å². The summed E-state index contributed by atoms with van der Waals surface area (Å²) in [7, 11) is -2.94. The summed E-state index contributed by atoms with van der Waals surface area (Å²) in [6, 6.07) is 23.4. The Kier molecular flexibility index (Phi) is 6.41. The van der Waals surface area contributed by atoms with E-state index in [0.29, 0.717) is 3.67 Å². The van der Waals surface area contributed by atoms with Gasteiger partial charge in [0.15, 0.2) is 0 Å². The van der Waals surface area contributed by atoms with Crippen LogP contribution in [0.1, 0.15) is 16.7 Å². The van der Waals surface area contributed by atoms with Crippen molar-refractivity contribution in [1.29, 1.82) is 0 Å². The van der Waals surface area contributed by atoms with Crippen LogP contribution in [0, 0.1) is 0 Å². The van der Waals surface area contributed by atoms with Crippen LogP contribution >= 0.6 is 0 Å². The van der Waals surface area contributed by atoms with Gasteiger partial charge < -0.3 is 0 Å². The standard InChI is InChI=1S/C13H22Si2.C13H9.C5H5.Hf/c1-11-9-8-10-12(14(2,3)4)13(11)15(5,6)7;1-3-7-12-10(5-1)9-11-6-2-4-8-13(11)12;1-2-4-5-3-1;/h1,8-10H,2-7H3;1-5,7-8H,9H2;1-5H;. The van der Waals surface area contributed by atoms with Gasteiger partial charge in [-0.25, -0.2) is 0 Å². The molecule has 0 nitrogen and oxygen atoms in total. The Morgan fingerprint density at radius 3 is 2.12 bits per heavy atom. The van der Waals surface area contributed by atoms with E-state index in [1.54, 1.807) is 24.8 Å². The molecule has 0 N–H and O–H groups in total. The number of allylic oxidation sites excluding steroid dienone is 4. The van der Waals surface area contributed by atoms with Crippen LogP contribution in [0.15, 0.2) is 85.0 Å². The minimum absolute atomic E-state index is 0.616. The Morgan fingerprint density at radius 1 is 0.735 bits per heavy atom. The van der Waals surface area contributed by atoms with Crippen LogP contribution in [0.4, 0.5) is 0 Å². The average Bonchev–Trinajstić information content (AvgIpc) is 3.44. The van der Waals surface area contributed by atoms with E-state index in [-0.39, 0.29) is 0 Å². The van der Waals surface area contributed by atoms with Crippen molar-refractivity contribution in [2.45, 2.75) is 49.4 Å². The van der Waals surface area contributed by atoms with Gasteiger partial charge >= 0.3 is 217 Å². The van der Waals surface area contributed by atoms with Crippen LogP contribution in [0.5, 0.6) is 0 Å². The molecule has 0 saturated heterocycles. The molecule has 5 rings (SSSR count). The molecule has 3 aromatic rings. The molecule has 3 heteroatoms. The molecule has 34 heavy (non-hydrogen) atoms. The predicted molar refractivity (Wildman–Crippen MR) is 154 cm³/mol. The molecule has 2 aliphatic rings. The van der Waals surface area contributed by atoms with Crippen molar-refractivity contribution in [3.8, 4) is 11.1 Å². The molecule has 0 saturated carbocycles. The van der Waals surface area contributed by atoms with E-state index in [1.807, 2.05) is 0 Å². The third kappa shape index (κ3) is 4.47. The molecule has 0 spiro atoms. The second kappa shape index (κ2) is 9.07. The SMILES string of the molecule is C[Si](C)(C)c1cccc([CH]=[Hf]([c]2cccc3c2Cc2ccccc2-3)[CH]2C=CC=C2)c1[Si](C)(C)C. The van der Waals surface area contributed by atoms with Crippen molar-refractivity contribution >= 4 is 33.6 Å². The van der Waals surface area contributed by atoms with Crippen LogP contribution in [0.25, 0.3) is 11.1 Å². The van der Waals surface area contributed by atoms with Crippen LogP contribution in [0.3, 0.4) is 0 Å². The summed E-state index contributed by atoms with van der Waals surface area (Å²) in [6.07, 6.45) is 10.6. The van der Waals surface area contributed by atoms with Crippen LogP contribution in [0.2, 0.25) is 43.0 Å². The molecule has 0 unspecified atom stereocenters. The fourth-order valence-electron chi connectivity index (χ4n) is 5.74. The number of hydrogen-bond acceptors (Lipinski definition) is 0. The van der Waals surface area contributed by atoms with Gasteiger partial charge in [0, 0.05) is 0 Å². The first kappa shape index (κ1) is 24.0. The number of benzene rings is 3. The molecule has 0 radical (unpaired) electrons. The third-order valence-electron chi connectivity index (χ3n) is 7.23. The Labute approximate surface area is 215 Å². The molecular formula is C31H36HfSi2. The summed E-state index contributed by atoms with van der Waals surface area (Å²) in [6.45, 7) is 15.2. The maximum atomic E-state index is 2.84. The van der Waals surface area contributed by atoms with Gasteiger partial charge in [-0.1, -0.05) is 0 Å². The molecule has 3 aromatic carbocycles. The molecule has 2 aliphatic carbocycles. The average molecular weight is 643 g/mol. The van der Waals surface area contributed by atoms with E-state index in [4.69, 9.17) is 0 Å². The van der Waals surface area contributed by atoms with Crippen molar-refractivity contribution in [1.82, 2.24) is 0 Å². The van der Waals surface area contributed by atoms with Gasteiger partial charge in [0.1, 0.15) is 0 Å². The third-order valence-corrected chi connectivity index (χ3v) is 21.7. The molecule has 172 valence electrons. The zero-order valence-electron chi connectivity index (χ0n) is 21.4. The van der Waals surface area contributed by atoms with E-state index in [9.17, 15) is 0 Å². The summed E-state index contributed by atoms with van der Waals surface area (Å²) in [5, 5.41) is 3.42. The Morgan fingerprint density at radius 2 is 1.41 bits per heavy atom. The van der Waals surface area contributed by atoms with E-state index in [0.717, 1.165) is 6.42 Å². The second-order valence-electron chi connectivity index (χ2n) is 11.8. The first-order valence-electron chi connectivity index (χ1n) is 12.6. The molecule has 0 aliphatic heterocycles. The Hall–Kier alpha value is -1.69. The zero-order chi connectivity index (χ0) is 24.1. The van der Waals surface area contributed by atoms with E-state index >= 15 is 0 Å². The van der Waals surface area contributed by atoms with Crippen molar-refractivity contribution < 1.29 is 21.0 Å². The van der Waals surface area contributed by atoms with Crippen LogP contribution in [-0.4, -0.2) is 19.9 Å². The number of fused-ring (bicyclic) bond motifs is 3. The summed E-state index contributed by atoms with van der Waals surface area (Å²) in [5.41, 5.74) is 7.62. The Balaban J connectivity index is 1.74. The van der Waals surface area contributed by atoms with Crippen molar-refractivity contribution in [3.63, 3.8) is 0 Å². The quantitative estimate of drug-likeness (QED) is 0.223. The van der Waals surface area contributed by atoms with E-state index in [2.05, 4.69) is 128 Å². The second-order valence-corrected chi connectivity index (χ2v) is 30.5. The van der Waals surface area contributed by atoms with Crippen LogP contribution in [-0.2, 0) is 27.4 Å². The summed E-state index contributed by atoms with van der Waals surface area (Å²) < 4.78 is 5.16. The fraction of sp³-hybridized carbons (Fsp3) is 0.258. The van der Waals surface area contributed by atoms with Gasteiger partial charge in [-0.05, 0) is 0 Å². The first-order chi connectivity index (χ1) is 16.1. The van der Waals surface area contributed by atoms with E-state index in [1.165, 1.54) is 16.7 Å². The number of hydrogen-bond donors (Lipinski definition) is 0. The van der Waals surface area contributed by atoms with Gasteiger partial charge in [-0.3, -0.25) is 0 Å². The van der Waals surface area contributed by atoms with Gasteiger partial charge in [-0.15, -0.1) is 0 Å². The number of rotatable bonds is 5. The van der Waals surface area contributed by atoms with Crippen LogP contribution < -0.4 is 13.7 Å². The summed E-state index contributed by atoms with van der Waals surface area (Å²) in [5.74, 6) is 0. The summed E-state index contributed by atoms with van der Waals surface area (Å²) in [4.78, 5) is 0. The van der Waals surface area contributed by atoms with Gasteiger partial charge in [0.05, 0.1) is 0 Å². The predicted octanol–water partition coefficient (Wildman–Crippen LogP) is 6.36. The monoisotopic (exact) mass is 644 g/mol. The molecule has 0 amide bonds. The molecular weight excluding hydrogens is 607 g/mol. The van der Waals surface area contributed by atoms with Gasteiger partial charge in [-0.2, -0.15) is 0 Å². The zero-order valence-corrected chi connectivity index (χ0v) is 27.0. The van der Waals surface area contributed by atoms with Crippen molar-refractivity contribution in [3.05, 3.63) is 102 Å². The van der Waals surface area contributed by atoms with Gasteiger partial charge in [0.25, 0.3) is 0 Å². The Bertz CT molecular complexity index is 1330. The summed E-state index contributed by atoms with van der Waals surface area (Å²) >= 11 is -2.45. The maximum absolute atomic E-state index is 2.84. The molecule has 0 aromatic heterocycles. The minimum atomic E-state index is -2.45. The molecule has 0 heterocycles. The normalized spacial score (nSPS) is 15.6. The molecule has 0 bridgehead atoms. The molecule has 0 atom stereocenters. The first-order valence-corrected chi connectivity index (χ1v) is 25.5.